The predicted octanol–water partition coefficient (Wildman–Crippen LogP) is 11.2. The van der Waals surface area contributed by atoms with Crippen LogP contribution >= 0.6 is 0 Å². The Morgan fingerprint density at radius 3 is 1.59 bits per heavy atom. The summed E-state index contributed by atoms with van der Waals surface area (Å²) >= 11 is 0. The smallest absolute Gasteiger partial charge is 0.179 e. The first-order valence-electron chi connectivity index (χ1n) is 18.7. The summed E-state index contributed by atoms with van der Waals surface area (Å²) in [6, 6.07) is 68.5. The molecule has 0 aliphatic rings. The van der Waals surface area contributed by atoms with Crippen LogP contribution in [0.5, 0.6) is 0 Å². The van der Waals surface area contributed by atoms with E-state index in [-0.39, 0.29) is 0 Å². The maximum atomic E-state index is 5.39. The molecule has 0 aliphatic carbocycles. The molecule has 9 aromatic rings. The molecule has 0 atom stereocenters. The first-order valence-corrected chi connectivity index (χ1v) is 20.7. The van der Waals surface area contributed by atoms with Crippen LogP contribution in [0.25, 0.3) is 61.0 Å². The number of fused-ring (bicyclic) bond motifs is 6. The molecule has 0 saturated carbocycles. The molecule has 0 bridgehead atoms. The number of rotatable bonds is 8. The SMILES string of the molecule is C/C=C\C(=C/C)[Si](c1ccccc1)(c1ccccc1)c1ccc(-c2ccc3c(c2)c2ccccc2c2nc(-c4ccccc4)c(-c4ccccc4)n32)cc1. The van der Waals surface area contributed by atoms with Crippen LogP contribution in [0.4, 0.5) is 0 Å². The van der Waals surface area contributed by atoms with Crippen molar-refractivity contribution in [3.05, 3.63) is 211 Å². The topological polar surface area (TPSA) is 17.3 Å². The van der Waals surface area contributed by atoms with E-state index in [4.69, 9.17) is 4.98 Å². The van der Waals surface area contributed by atoms with Gasteiger partial charge in [0.25, 0.3) is 0 Å². The second-order valence-corrected chi connectivity index (χ2v) is 17.6. The molecule has 3 heteroatoms. The summed E-state index contributed by atoms with van der Waals surface area (Å²) in [7, 11) is -2.61. The van der Waals surface area contributed by atoms with Gasteiger partial charge in [-0.25, -0.2) is 4.98 Å². The van der Waals surface area contributed by atoms with Crippen LogP contribution < -0.4 is 15.6 Å². The monoisotopic (exact) mass is 708 g/mol. The van der Waals surface area contributed by atoms with Crippen molar-refractivity contribution in [2.45, 2.75) is 13.8 Å². The maximum absolute atomic E-state index is 5.39. The Morgan fingerprint density at radius 2 is 1.00 bits per heavy atom. The summed E-state index contributed by atoms with van der Waals surface area (Å²) in [5.41, 5.74) is 8.84. The van der Waals surface area contributed by atoms with E-state index in [0.717, 1.165) is 39.1 Å². The lowest BCUT2D eigenvalue weighted by Gasteiger charge is -2.35. The first-order chi connectivity index (χ1) is 26.7. The zero-order chi connectivity index (χ0) is 36.5. The Kier molecular flexibility index (Phi) is 8.70. The van der Waals surface area contributed by atoms with Crippen molar-refractivity contribution in [3.8, 4) is 33.6 Å². The summed E-state index contributed by atoms with van der Waals surface area (Å²) in [5, 5.41) is 9.03. The molecule has 0 spiro atoms. The highest BCUT2D eigenvalue weighted by Gasteiger charge is 2.41. The molecule has 2 heterocycles. The van der Waals surface area contributed by atoms with Crippen LogP contribution in [0, 0.1) is 0 Å². The molecular formula is C51H40N2Si. The zero-order valence-corrected chi connectivity index (χ0v) is 31.5. The lowest BCUT2D eigenvalue weighted by molar-refractivity contribution is 1.27. The van der Waals surface area contributed by atoms with Gasteiger partial charge in [-0.1, -0.05) is 194 Å². The average molecular weight is 709 g/mol. The van der Waals surface area contributed by atoms with Gasteiger partial charge >= 0.3 is 0 Å². The fourth-order valence-corrected chi connectivity index (χ4v) is 13.3. The summed E-state index contributed by atoms with van der Waals surface area (Å²) in [5.74, 6) is 0. The van der Waals surface area contributed by atoms with Gasteiger partial charge in [-0.15, -0.1) is 0 Å². The van der Waals surface area contributed by atoms with Crippen LogP contribution in [-0.2, 0) is 0 Å². The number of allylic oxidation sites excluding steroid dienone is 4. The van der Waals surface area contributed by atoms with Crippen molar-refractivity contribution in [2.24, 2.45) is 0 Å². The summed E-state index contributed by atoms with van der Waals surface area (Å²) < 4.78 is 2.38. The Hall–Kier alpha value is -6.55. The second kappa shape index (κ2) is 14.1. The third-order valence-corrected chi connectivity index (χ3v) is 15.7. The van der Waals surface area contributed by atoms with E-state index < -0.39 is 8.07 Å². The van der Waals surface area contributed by atoms with Crippen LogP contribution in [0.15, 0.2) is 211 Å². The van der Waals surface area contributed by atoms with Gasteiger partial charge in [-0.05, 0) is 63.2 Å². The number of benzene rings is 7. The average Bonchev–Trinajstić information content (AvgIpc) is 3.66. The summed E-state index contributed by atoms with van der Waals surface area (Å²) in [4.78, 5) is 5.39. The number of aromatic nitrogens is 2. The second-order valence-electron chi connectivity index (χ2n) is 13.8. The Balaban J connectivity index is 1.26. The van der Waals surface area contributed by atoms with Crippen LogP contribution in [0.3, 0.4) is 0 Å². The Bertz CT molecular complexity index is 2760. The molecular weight excluding hydrogens is 669 g/mol. The summed E-state index contributed by atoms with van der Waals surface area (Å²) in [6.45, 7) is 4.30. The van der Waals surface area contributed by atoms with Crippen LogP contribution in [-0.4, -0.2) is 17.5 Å². The van der Waals surface area contributed by atoms with Crippen molar-refractivity contribution in [1.29, 1.82) is 0 Å². The Labute approximate surface area is 318 Å². The highest BCUT2D eigenvalue weighted by atomic mass is 28.3. The molecule has 9 rings (SSSR count). The predicted molar refractivity (Wildman–Crippen MR) is 233 cm³/mol. The van der Waals surface area contributed by atoms with Gasteiger partial charge in [-0.3, -0.25) is 4.40 Å². The van der Waals surface area contributed by atoms with E-state index in [1.54, 1.807) is 0 Å². The van der Waals surface area contributed by atoms with Crippen molar-refractivity contribution in [1.82, 2.24) is 9.38 Å². The molecule has 0 saturated heterocycles. The Morgan fingerprint density at radius 1 is 0.481 bits per heavy atom. The molecule has 0 fully saturated rings. The van der Waals surface area contributed by atoms with Gasteiger partial charge in [0.15, 0.2) is 8.07 Å². The van der Waals surface area contributed by atoms with E-state index >= 15 is 0 Å². The lowest BCUT2D eigenvalue weighted by atomic mass is 9.99. The third-order valence-electron chi connectivity index (χ3n) is 10.8. The van der Waals surface area contributed by atoms with Crippen LogP contribution in [0.2, 0.25) is 0 Å². The first kappa shape index (κ1) is 33.3. The van der Waals surface area contributed by atoms with E-state index in [0.29, 0.717) is 0 Å². The molecule has 0 radical (unpaired) electrons. The van der Waals surface area contributed by atoms with Gasteiger partial charge in [0, 0.05) is 21.9 Å². The molecule has 0 amide bonds. The standard InChI is InChI=1S/C51H40N2Si/c1-3-19-41(4-2)54(42-24-13-7-14-25-42,43-26-15-8-16-27-43)44-33-30-37(31-34-44)40-32-35-48-47(36-40)45-28-17-18-29-46(45)51-52-49(38-20-9-5-10-21-38)50(53(48)51)39-22-11-6-12-23-39/h3-36H,1-2H3/b19-3-,41-4+. The van der Waals surface area contributed by atoms with Crippen molar-refractivity contribution < 1.29 is 0 Å². The van der Waals surface area contributed by atoms with Gasteiger partial charge in [0.1, 0.15) is 5.65 Å². The van der Waals surface area contributed by atoms with E-state index in [9.17, 15) is 0 Å². The molecule has 0 N–H and O–H groups in total. The fraction of sp³-hybridized carbons (Fsp3) is 0.0392. The van der Waals surface area contributed by atoms with Crippen molar-refractivity contribution in [3.63, 3.8) is 0 Å². The minimum absolute atomic E-state index is 0.969. The molecule has 258 valence electrons. The number of imidazole rings is 1. The molecule has 54 heavy (non-hydrogen) atoms. The zero-order valence-electron chi connectivity index (χ0n) is 30.5. The maximum Gasteiger partial charge on any atom is 0.179 e. The van der Waals surface area contributed by atoms with Crippen LogP contribution in [0.1, 0.15) is 13.8 Å². The lowest BCUT2D eigenvalue weighted by Crippen LogP contribution is -2.68. The van der Waals surface area contributed by atoms with Gasteiger partial charge < -0.3 is 0 Å². The largest absolute Gasteiger partial charge is 0.291 e. The minimum atomic E-state index is -2.61. The highest BCUT2D eigenvalue weighted by Crippen LogP contribution is 2.40. The van der Waals surface area contributed by atoms with E-state index in [1.807, 2.05) is 0 Å². The number of nitrogens with zero attached hydrogens (tertiary/aromatic N) is 2. The molecule has 0 aliphatic heterocycles. The van der Waals surface area contributed by atoms with Crippen molar-refractivity contribution in [2.75, 3.05) is 0 Å². The van der Waals surface area contributed by atoms with Gasteiger partial charge in [-0.2, -0.15) is 0 Å². The quantitative estimate of drug-likeness (QED) is 0.0665. The van der Waals surface area contributed by atoms with E-state index in [2.05, 4.69) is 225 Å². The number of hydrogen-bond donors (Lipinski definition) is 0. The summed E-state index contributed by atoms with van der Waals surface area (Å²) in [6.07, 6.45) is 6.82. The highest BCUT2D eigenvalue weighted by molar-refractivity contribution is 7.16. The molecule has 2 aromatic heterocycles. The number of pyridine rings is 1. The number of hydrogen-bond acceptors (Lipinski definition) is 1. The molecule has 0 unspecified atom stereocenters. The normalized spacial score (nSPS) is 12.3. The minimum Gasteiger partial charge on any atom is -0.291 e. The van der Waals surface area contributed by atoms with Crippen molar-refractivity contribution >= 4 is 51.0 Å². The fourth-order valence-electron chi connectivity index (χ4n) is 8.44. The van der Waals surface area contributed by atoms with E-state index in [1.165, 1.54) is 42.7 Å². The van der Waals surface area contributed by atoms with Gasteiger partial charge in [0.05, 0.1) is 16.9 Å². The molecule has 2 nitrogen and oxygen atoms in total. The third kappa shape index (κ3) is 5.44. The van der Waals surface area contributed by atoms with Gasteiger partial charge in [0.2, 0.25) is 0 Å². The molecule has 7 aromatic carbocycles.